The van der Waals surface area contributed by atoms with Crippen LogP contribution in [0.3, 0.4) is 0 Å². The van der Waals surface area contributed by atoms with Gasteiger partial charge >= 0.3 is 0 Å². The Bertz CT molecular complexity index is 1880. The van der Waals surface area contributed by atoms with Gasteiger partial charge in [-0.25, -0.2) is 0 Å². The lowest BCUT2D eigenvalue weighted by Crippen LogP contribution is -2.46. The van der Waals surface area contributed by atoms with Crippen molar-refractivity contribution in [3.05, 3.63) is 191 Å². The molecule has 0 bridgehead atoms. The summed E-state index contributed by atoms with van der Waals surface area (Å²) >= 11 is 0. The Morgan fingerprint density at radius 3 is 1.16 bits per heavy atom. The maximum atomic E-state index is 6.49. The topological polar surface area (TPSA) is 69.4 Å². The molecule has 0 saturated heterocycles. The molecule has 0 aliphatic heterocycles. The molecule has 0 aromatic heterocycles. The summed E-state index contributed by atoms with van der Waals surface area (Å²) in [6.07, 6.45) is 2.02. The molecule has 0 fully saturated rings. The smallest absolute Gasteiger partial charge is 0.162 e. The Balaban J connectivity index is 1.28. The van der Waals surface area contributed by atoms with Crippen LogP contribution in [0.2, 0.25) is 0 Å². The van der Waals surface area contributed by atoms with E-state index in [0.717, 1.165) is 75.8 Å². The van der Waals surface area contributed by atoms with Gasteiger partial charge in [0.2, 0.25) is 0 Å². The van der Waals surface area contributed by atoms with Gasteiger partial charge in [-0.3, -0.25) is 9.80 Å². The van der Waals surface area contributed by atoms with Gasteiger partial charge in [0, 0.05) is 19.6 Å². The van der Waals surface area contributed by atoms with E-state index >= 15 is 0 Å². The maximum Gasteiger partial charge on any atom is 0.162 e. The molecule has 56 heavy (non-hydrogen) atoms. The first-order valence-electron chi connectivity index (χ1n) is 19.6. The van der Waals surface area contributed by atoms with Crippen LogP contribution in [0.4, 0.5) is 0 Å². The second-order valence-electron chi connectivity index (χ2n) is 14.1. The fraction of sp³-hybridized carbons (Fsp3) is 0.265. The van der Waals surface area contributed by atoms with E-state index in [9.17, 15) is 0 Å². The van der Waals surface area contributed by atoms with Gasteiger partial charge < -0.3 is 24.7 Å². The van der Waals surface area contributed by atoms with Crippen LogP contribution in [0.5, 0.6) is 23.0 Å². The number of nitrogens with two attached hydrogens (primary N) is 1. The number of rotatable bonds is 22. The number of benzene rings is 6. The summed E-state index contributed by atoms with van der Waals surface area (Å²) in [4.78, 5) is 4.94. The van der Waals surface area contributed by atoms with E-state index in [0.29, 0.717) is 46.1 Å². The summed E-state index contributed by atoms with van der Waals surface area (Å²) in [5.74, 6) is 2.89. The van der Waals surface area contributed by atoms with Crippen LogP contribution in [-0.4, -0.2) is 36.1 Å². The molecule has 0 saturated carbocycles. The van der Waals surface area contributed by atoms with Crippen molar-refractivity contribution in [2.24, 2.45) is 5.73 Å². The van der Waals surface area contributed by atoms with Crippen molar-refractivity contribution in [1.82, 2.24) is 9.80 Å². The molecule has 0 aliphatic carbocycles. The van der Waals surface area contributed by atoms with Gasteiger partial charge in [-0.1, -0.05) is 140 Å². The van der Waals surface area contributed by atoms with Gasteiger partial charge in [0.25, 0.3) is 0 Å². The lowest BCUT2D eigenvalue weighted by Gasteiger charge is -2.38. The SMILES string of the molecule is CCC(N(C)CCCN)N(Cc1ccc(OCc2ccccc2)c(OCc2ccccc2)c1)Cc1ccc(OCc2ccccc2)c(OCc2ccccc2)c1. The molecule has 0 aliphatic rings. The van der Waals surface area contributed by atoms with Crippen LogP contribution in [0.1, 0.15) is 53.1 Å². The zero-order valence-electron chi connectivity index (χ0n) is 32.8. The lowest BCUT2D eigenvalue weighted by molar-refractivity contribution is 0.0440. The molecule has 1 atom stereocenters. The van der Waals surface area contributed by atoms with Crippen molar-refractivity contribution in [1.29, 1.82) is 0 Å². The summed E-state index contributed by atoms with van der Waals surface area (Å²) in [7, 11) is 2.20. The van der Waals surface area contributed by atoms with Gasteiger partial charge in [0.1, 0.15) is 26.4 Å². The molecular weight excluding hydrogens is 695 g/mol. The standard InChI is InChI=1S/C49H55N3O4/c1-3-49(51(2)30-16-29-50)52(33-43-25-27-45(53-35-39-17-8-4-9-18-39)47(31-43)55-37-41-21-12-6-13-22-41)34-44-26-28-46(54-36-40-19-10-5-11-20-40)48(32-44)56-38-42-23-14-7-15-24-42/h4-15,17-28,31-32,49H,3,16,29-30,33-38,50H2,1-2H3. The first-order valence-corrected chi connectivity index (χ1v) is 19.6. The molecule has 7 nitrogen and oxygen atoms in total. The third kappa shape index (κ3) is 12.2. The highest BCUT2D eigenvalue weighted by atomic mass is 16.5. The van der Waals surface area contributed by atoms with E-state index in [4.69, 9.17) is 24.7 Å². The second-order valence-corrected chi connectivity index (χ2v) is 14.1. The van der Waals surface area contributed by atoms with E-state index in [1.807, 2.05) is 84.9 Å². The van der Waals surface area contributed by atoms with Crippen molar-refractivity contribution in [2.75, 3.05) is 20.1 Å². The van der Waals surface area contributed by atoms with E-state index in [-0.39, 0.29) is 6.17 Å². The monoisotopic (exact) mass is 749 g/mol. The summed E-state index contributed by atoms with van der Waals surface area (Å²) < 4.78 is 25.7. The average molecular weight is 750 g/mol. The minimum Gasteiger partial charge on any atom is -0.485 e. The average Bonchev–Trinajstić information content (AvgIpc) is 3.25. The van der Waals surface area contributed by atoms with Gasteiger partial charge in [-0.15, -0.1) is 0 Å². The normalized spacial score (nSPS) is 11.7. The van der Waals surface area contributed by atoms with Crippen LogP contribution in [0, 0.1) is 0 Å². The number of hydrogen-bond donors (Lipinski definition) is 1. The number of ether oxygens (including phenoxy) is 4. The highest BCUT2D eigenvalue weighted by Gasteiger charge is 2.23. The highest BCUT2D eigenvalue weighted by molar-refractivity contribution is 5.45. The molecule has 0 amide bonds. The van der Waals surface area contributed by atoms with Crippen molar-refractivity contribution < 1.29 is 18.9 Å². The Labute approximate surface area is 333 Å². The first-order chi connectivity index (χ1) is 27.6. The number of hydrogen-bond acceptors (Lipinski definition) is 7. The van der Waals surface area contributed by atoms with Crippen LogP contribution < -0.4 is 24.7 Å². The summed E-state index contributed by atoms with van der Waals surface area (Å²) in [6, 6.07) is 53.6. The predicted molar refractivity (Wildman–Crippen MR) is 226 cm³/mol. The molecule has 0 spiro atoms. The van der Waals surface area contributed by atoms with Crippen LogP contribution in [-0.2, 0) is 39.5 Å². The summed E-state index contributed by atoms with van der Waals surface area (Å²) in [6.45, 7) is 6.99. The molecule has 0 radical (unpaired) electrons. The third-order valence-electron chi connectivity index (χ3n) is 9.75. The van der Waals surface area contributed by atoms with Gasteiger partial charge in [0.05, 0.1) is 6.17 Å². The molecule has 6 aromatic carbocycles. The van der Waals surface area contributed by atoms with E-state index < -0.39 is 0 Å². The van der Waals surface area contributed by atoms with Crippen LogP contribution in [0.15, 0.2) is 158 Å². The molecule has 290 valence electrons. The van der Waals surface area contributed by atoms with Gasteiger partial charge in [-0.2, -0.15) is 0 Å². The molecule has 2 N–H and O–H groups in total. The minimum absolute atomic E-state index is 0.159. The largest absolute Gasteiger partial charge is 0.485 e. The van der Waals surface area contributed by atoms with Crippen molar-refractivity contribution >= 4 is 0 Å². The summed E-state index contributed by atoms with van der Waals surface area (Å²) in [5.41, 5.74) is 12.6. The van der Waals surface area contributed by atoms with Gasteiger partial charge in [0.15, 0.2) is 23.0 Å². The Kier molecular flexibility index (Phi) is 15.4. The Hall–Kier alpha value is -5.60. The molecule has 0 heterocycles. The molecule has 7 heteroatoms. The van der Waals surface area contributed by atoms with Crippen molar-refractivity contribution in [3.63, 3.8) is 0 Å². The zero-order chi connectivity index (χ0) is 38.8. The quantitative estimate of drug-likeness (QED) is 0.0693. The second kappa shape index (κ2) is 21.5. The Morgan fingerprint density at radius 2 is 0.821 bits per heavy atom. The predicted octanol–water partition coefficient (Wildman–Crippen LogP) is 10.0. The maximum absolute atomic E-state index is 6.49. The third-order valence-corrected chi connectivity index (χ3v) is 9.75. The van der Waals surface area contributed by atoms with Crippen molar-refractivity contribution in [3.8, 4) is 23.0 Å². The Morgan fingerprint density at radius 1 is 0.464 bits per heavy atom. The van der Waals surface area contributed by atoms with Crippen LogP contribution >= 0.6 is 0 Å². The molecule has 6 rings (SSSR count). The molecule has 1 unspecified atom stereocenters. The fourth-order valence-electron chi connectivity index (χ4n) is 6.78. The van der Waals surface area contributed by atoms with E-state index in [2.05, 4.69) is 96.6 Å². The van der Waals surface area contributed by atoms with E-state index in [1.165, 1.54) is 0 Å². The highest BCUT2D eigenvalue weighted by Crippen LogP contribution is 2.34. The first kappa shape index (κ1) is 40.1. The number of nitrogens with zero attached hydrogens (tertiary/aromatic N) is 2. The van der Waals surface area contributed by atoms with Crippen LogP contribution in [0.25, 0.3) is 0 Å². The molecule has 6 aromatic rings. The lowest BCUT2D eigenvalue weighted by atomic mass is 10.1. The zero-order valence-corrected chi connectivity index (χ0v) is 32.8. The minimum atomic E-state index is 0.159. The summed E-state index contributed by atoms with van der Waals surface area (Å²) in [5, 5.41) is 0. The fourth-order valence-corrected chi connectivity index (χ4v) is 6.78. The van der Waals surface area contributed by atoms with Gasteiger partial charge in [-0.05, 0) is 84.1 Å². The van der Waals surface area contributed by atoms with Crippen molar-refractivity contribution in [2.45, 2.75) is 65.4 Å². The molecular formula is C49H55N3O4. The van der Waals surface area contributed by atoms with E-state index in [1.54, 1.807) is 0 Å².